The molecule has 27 heavy (non-hydrogen) atoms. The monoisotopic (exact) mass is 384 g/mol. The third kappa shape index (κ3) is 4.08. The average Bonchev–Trinajstić information content (AvgIpc) is 3.32. The molecule has 1 atom stereocenters. The number of likely N-dealkylation sites (tertiary alicyclic amines) is 1. The number of hydrogen-bond donors (Lipinski definition) is 0. The van der Waals surface area contributed by atoms with E-state index in [4.69, 9.17) is 0 Å². The van der Waals surface area contributed by atoms with Crippen molar-refractivity contribution in [2.45, 2.75) is 32.2 Å². The quantitative estimate of drug-likeness (QED) is 0.686. The second-order valence-electron chi connectivity index (χ2n) is 6.94. The highest BCUT2D eigenvalue weighted by Gasteiger charge is 2.25. The van der Waals surface area contributed by atoms with Crippen LogP contribution in [0.1, 0.15) is 29.5 Å². The molecule has 0 spiro atoms. The summed E-state index contributed by atoms with van der Waals surface area (Å²) < 4.78 is 15.0. The van der Waals surface area contributed by atoms with Crippen LogP contribution in [0.5, 0.6) is 0 Å². The van der Waals surface area contributed by atoms with E-state index in [1.807, 2.05) is 34.3 Å². The SMILES string of the molecule is Cc1cnn(C2CCCN(C(=O)Cc3nc(-c4ccc(F)cc4)cs3)C2)c1. The molecule has 1 amide bonds. The number of carbonyl (C=O) groups is 1. The lowest BCUT2D eigenvalue weighted by molar-refractivity contribution is -0.132. The molecule has 1 unspecified atom stereocenters. The first-order valence-electron chi connectivity index (χ1n) is 9.07. The summed E-state index contributed by atoms with van der Waals surface area (Å²) in [6.07, 6.45) is 6.21. The molecule has 2 aromatic heterocycles. The van der Waals surface area contributed by atoms with Crippen LogP contribution in [0.4, 0.5) is 4.39 Å². The third-order valence-electron chi connectivity index (χ3n) is 4.85. The van der Waals surface area contributed by atoms with E-state index in [2.05, 4.69) is 10.1 Å². The van der Waals surface area contributed by atoms with E-state index >= 15 is 0 Å². The minimum Gasteiger partial charge on any atom is -0.340 e. The molecule has 1 aliphatic rings. The summed E-state index contributed by atoms with van der Waals surface area (Å²) in [6.45, 7) is 3.50. The minimum absolute atomic E-state index is 0.101. The van der Waals surface area contributed by atoms with Gasteiger partial charge in [0.2, 0.25) is 5.91 Å². The molecule has 1 aromatic carbocycles. The molecule has 140 valence electrons. The second-order valence-corrected chi connectivity index (χ2v) is 7.89. The average molecular weight is 384 g/mol. The Labute approximate surface area is 161 Å². The van der Waals surface area contributed by atoms with Crippen LogP contribution in [0.3, 0.4) is 0 Å². The van der Waals surface area contributed by atoms with Gasteiger partial charge >= 0.3 is 0 Å². The van der Waals surface area contributed by atoms with Crippen molar-refractivity contribution in [3.8, 4) is 11.3 Å². The summed E-state index contributed by atoms with van der Waals surface area (Å²) in [5.41, 5.74) is 2.78. The molecule has 3 heterocycles. The zero-order chi connectivity index (χ0) is 18.8. The molecule has 0 saturated carbocycles. The predicted octanol–water partition coefficient (Wildman–Crippen LogP) is 3.86. The van der Waals surface area contributed by atoms with E-state index in [0.717, 1.165) is 41.2 Å². The molecular weight excluding hydrogens is 363 g/mol. The van der Waals surface area contributed by atoms with Crippen LogP contribution in [0.15, 0.2) is 42.0 Å². The summed E-state index contributed by atoms with van der Waals surface area (Å²) >= 11 is 1.47. The molecular formula is C20H21FN4OS. The van der Waals surface area contributed by atoms with Gasteiger partial charge in [0.05, 0.1) is 24.4 Å². The number of halogens is 1. The first-order valence-corrected chi connectivity index (χ1v) is 9.95. The molecule has 4 rings (SSSR count). The number of aryl methyl sites for hydroxylation is 1. The minimum atomic E-state index is -0.267. The molecule has 0 bridgehead atoms. The number of carbonyl (C=O) groups excluding carboxylic acids is 1. The fourth-order valence-corrected chi connectivity index (χ4v) is 4.21. The van der Waals surface area contributed by atoms with Gasteiger partial charge in [-0.15, -0.1) is 11.3 Å². The number of thiazole rings is 1. The van der Waals surface area contributed by atoms with Gasteiger partial charge in [0, 0.05) is 30.2 Å². The summed E-state index contributed by atoms with van der Waals surface area (Å²) in [4.78, 5) is 19.2. The third-order valence-corrected chi connectivity index (χ3v) is 5.70. The summed E-state index contributed by atoms with van der Waals surface area (Å²) in [6, 6.07) is 6.49. The lowest BCUT2D eigenvalue weighted by Crippen LogP contribution is -2.41. The van der Waals surface area contributed by atoms with Crippen molar-refractivity contribution in [3.05, 3.63) is 58.4 Å². The molecule has 3 aromatic rings. The van der Waals surface area contributed by atoms with Crippen molar-refractivity contribution in [2.75, 3.05) is 13.1 Å². The zero-order valence-corrected chi connectivity index (χ0v) is 16.0. The Morgan fingerprint density at radius 2 is 2.15 bits per heavy atom. The number of piperidine rings is 1. The van der Waals surface area contributed by atoms with Gasteiger partial charge in [-0.05, 0) is 49.6 Å². The van der Waals surface area contributed by atoms with Crippen LogP contribution in [0.25, 0.3) is 11.3 Å². The zero-order valence-electron chi connectivity index (χ0n) is 15.1. The number of aromatic nitrogens is 3. The van der Waals surface area contributed by atoms with E-state index in [-0.39, 0.29) is 17.8 Å². The molecule has 7 heteroatoms. The van der Waals surface area contributed by atoms with Crippen molar-refractivity contribution in [1.29, 1.82) is 0 Å². The summed E-state index contributed by atoms with van der Waals surface area (Å²) in [5.74, 6) is -0.167. The number of amides is 1. The Morgan fingerprint density at radius 3 is 2.89 bits per heavy atom. The number of benzene rings is 1. The van der Waals surface area contributed by atoms with E-state index in [9.17, 15) is 9.18 Å². The highest BCUT2D eigenvalue weighted by molar-refractivity contribution is 7.10. The van der Waals surface area contributed by atoms with Gasteiger partial charge in [-0.1, -0.05) is 0 Å². The van der Waals surface area contributed by atoms with E-state index in [1.54, 1.807) is 12.1 Å². The molecule has 1 fully saturated rings. The Bertz CT molecular complexity index is 934. The van der Waals surface area contributed by atoms with E-state index in [0.29, 0.717) is 13.0 Å². The highest BCUT2D eigenvalue weighted by Crippen LogP contribution is 2.25. The maximum absolute atomic E-state index is 13.1. The molecule has 0 radical (unpaired) electrons. The number of rotatable bonds is 4. The summed E-state index contributed by atoms with van der Waals surface area (Å²) in [7, 11) is 0. The number of hydrogen-bond acceptors (Lipinski definition) is 4. The van der Waals surface area contributed by atoms with Gasteiger partial charge in [-0.25, -0.2) is 9.37 Å². The molecule has 5 nitrogen and oxygen atoms in total. The van der Waals surface area contributed by atoms with Crippen LogP contribution >= 0.6 is 11.3 Å². The highest BCUT2D eigenvalue weighted by atomic mass is 32.1. The van der Waals surface area contributed by atoms with Crippen molar-refractivity contribution in [3.63, 3.8) is 0 Å². The molecule has 0 N–H and O–H groups in total. The Hall–Kier alpha value is -2.54. The van der Waals surface area contributed by atoms with Crippen LogP contribution < -0.4 is 0 Å². The normalized spacial score (nSPS) is 17.3. The van der Waals surface area contributed by atoms with E-state index in [1.165, 1.54) is 23.5 Å². The fourth-order valence-electron chi connectivity index (χ4n) is 3.42. The first-order chi connectivity index (χ1) is 13.1. The second kappa shape index (κ2) is 7.60. The van der Waals surface area contributed by atoms with Gasteiger partial charge in [0.25, 0.3) is 0 Å². The van der Waals surface area contributed by atoms with Gasteiger partial charge in [0.1, 0.15) is 10.8 Å². The lowest BCUT2D eigenvalue weighted by Gasteiger charge is -2.32. The van der Waals surface area contributed by atoms with Crippen molar-refractivity contribution in [1.82, 2.24) is 19.7 Å². The van der Waals surface area contributed by atoms with Crippen LogP contribution in [0.2, 0.25) is 0 Å². The topological polar surface area (TPSA) is 51.0 Å². The first kappa shape index (κ1) is 17.9. The van der Waals surface area contributed by atoms with Crippen molar-refractivity contribution in [2.24, 2.45) is 0 Å². The van der Waals surface area contributed by atoms with Crippen molar-refractivity contribution >= 4 is 17.2 Å². The van der Waals surface area contributed by atoms with Gasteiger partial charge in [0.15, 0.2) is 0 Å². The largest absolute Gasteiger partial charge is 0.340 e. The Kier molecular flexibility index (Phi) is 5.03. The standard InChI is InChI=1S/C20H21FN4OS/c1-14-10-22-25(11-14)17-3-2-8-24(12-17)20(26)9-19-23-18(13-27-19)15-4-6-16(21)7-5-15/h4-7,10-11,13,17H,2-3,8-9,12H2,1H3. The van der Waals surface area contributed by atoms with Crippen molar-refractivity contribution < 1.29 is 9.18 Å². The fraction of sp³-hybridized carbons (Fsp3) is 0.350. The Balaban J connectivity index is 1.41. The van der Waals surface area contributed by atoms with Crippen LogP contribution in [0, 0.1) is 12.7 Å². The van der Waals surface area contributed by atoms with E-state index < -0.39 is 0 Å². The predicted molar refractivity (Wildman–Crippen MR) is 103 cm³/mol. The molecule has 1 aliphatic heterocycles. The maximum Gasteiger partial charge on any atom is 0.229 e. The number of nitrogens with zero attached hydrogens (tertiary/aromatic N) is 4. The maximum atomic E-state index is 13.1. The molecule has 1 saturated heterocycles. The summed E-state index contributed by atoms with van der Waals surface area (Å²) in [5, 5.41) is 7.11. The van der Waals surface area contributed by atoms with Gasteiger partial charge in [-0.2, -0.15) is 5.10 Å². The van der Waals surface area contributed by atoms with Crippen LogP contribution in [-0.4, -0.2) is 38.7 Å². The smallest absolute Gasteiger partial charge is 0.229 e. The molecule has 0 aliphatic carbocycles. The lowest BCUT2D eigenvalue weighted by atomic mass is 10.1. The van der Waals surface area contributed by atoms with Gasteiger partial charge < -0.3 is 4.90 Å². The Morgan fingerprint density at radius 1 is 1.33 bits per heavy atom. The van der Waals surface area contributed by atoms with Crippen LogP contribution in [-0.2, 0) is 11.2 Å². The van der Waals surface area contributed by atoms with Gasteiger partial charge in [-0.3, -0.25) is 9.48 Å².